The van der Waals surface area contributed by atoms with Crippen LogP contribution in [0.2, 0.25) is 5.02 Å². The van der Waals surface area contributed by atoms with E-state index >= 15 is 0 Å². The first-order valence-corrected chi connectivity index (χ1v) is 13.7. The second-order valence-electron chi connectivity index (χ2n) is 11.9. The molecule has 1 saturated carbocycles. The maximum absolute atomic E-state index is 14.0. The zero-order valence-electron chi connectivity index (χ0n) is 23.8. The summed E-state index contributed by atoms with van der Waals surface area (Å²) in [5.41, 5.74) is 6.84. The number of halogens is 5. The van der Waals surface area contributed by atoms with Gasteiger partial charge in [0.2, 0.25) is 5.95 Å². The van der Waals surface area contributed by atoms with E-state index in [1.165, 1.54) is 18.5 Å². The zero-order chi connectivity index (χ0) is 30.6. The minimum Gasteiger partial charge on any atom is -0.383 e. The highest BCUT2D eigenvalue weighted by atomic mass is 35.5. The molecule has 1 atom stereocenters. The number of alkyl halides is 3. The summed E-state index contributed by atoms with van der Waals surface area (Å²) in [6, 6.07) is 7.78. The number of benzene rings is 1. The third-order valence-electron chi connectivity index (χ3n) is 7.60. The zero-order valence-corrected chi connectivity index (χ0v) is 24.5. The van der Waals surface area contributed by atoms with Crippen LogP contribution in [0.4, 0.5) is 28.9 Å². The Morgan fingerprint density at radius 2 is 1.95 bits per heavy atom. The molecule has 2 aromatic heterocycles. The van der Waals surface area contributed by atoms with Gasteiger partial charge in [0.25, 0.3) is 0 Å². The monoisotopic (exact) mass is 602 g/mol. The normalized spacial score (nSPS) is 17.0. The number of aromatic nitrogens is 2. The molecule has 0 spiro atoms. The van der Waals surface area contributed by atoms with Crippen LogP contribution in [0.5, 0.6) is 0 Å². The van der Waals surface area contributed by atoms with Crippen LogP contribution in [0.3, 0.4) is 0 Å². The molecule has 1 aliphatic carbocycles. The van der Waals surface area contributed by atoms with Gasteiger partial charge in [-0.3, -0.25) is 9.99 Å². The third kappa shape index (κ3) is 5.39. The lowest BCUT2D eigenvalue weighted by Gasteiger charge is -2.32. The molecular formula is C29H31ClF4N8. The molecule has 222 valence electrons. The van der Waals surface area contributed by atoms with Gasteiger partial charge < -0.3 is 15.6 Å². The van der Waals surface area contributed by atoms with Crippen molar-refractivity contribution in [3.63, 3.8) is 0 Å². The number of nitriles is 1. The standard InChI is InChI=1S/C29H31ClF4N8/c1-16-19(6-7-23(31)38-16)26(22-14-42(40-39-22)28(8-9-28)29(32,33)34)41(5)18-10-20-24(37-15-27(2,3)4)17(12-35)13-36-25(20)21(30)11-18/h6-7,10-11,13-14,26,39-40H,8-9,15H2,1-5H3,(H,36,37)/t26-/m0/s1. The summed E-state index contributed by atoms with van der Waals surface area (Å²) in [4.78, 5) is 10.2. The Morgan fingerprint density at radius 3 is 2.55 bits per heavy atom. The van der Waals surface area contributed by atoms with Crippen molar-refractivity contribution in [1.29, 1.82) is 5.26 Å². The number of pyridine rings is 2. The first-order chi connectivity index (χ1) is 19.6. The number of nitrogens with zero attached hydrogens (tertiary/aromatic N) is 5. The summed E-state index contributed by atoms with van der Waals surface area (Å²) in [6.45, 7) is 8.41. The SMILES string of the molecule is Cc1nc(F)ccc1[C@@H](C1=CN(C2(C(F)(F)F)CC2)NN1)N(C)c1cc(Cl)c2ncc(C#N)c(NCC(C)(C)C)c2c1. The molecule has 8 nitrogen and oxygen atoms in total. The molecule has 0 unspecified atom stereocenters. The van der Waals surface area contributed by atoms with Crippen LogP contribution in [-0.4, -0.2) is 40.3 Å². The predicted octanol–water partition coefficient (Wildman–Crippen LogP) is 6.50. The first kappa shape index (κ1) is 29.7. The topological polar surface area (TPSA) is 92.1 Å². The number of hydrazine groups is 2. The molecule has 0 radical (unpaired) electrons. The summed E-state index contributed by atoms with van der Waals surface area (Å²) < 4.78 is 55.7. The molecule has 0 saturated heterocycles. The quantitative estimate of drug-likeness (QED) is 0.209. The Morgan fingerprint density at radius 1 is 1.24 bits per heavy atom. The fourth-order valence-corrected chi connectivity index (χ4v) is 5.38. The summed E-state index contributed by atoms with van der Waals surface area (Å²) in [6.07, 6.45) is -1.63. The van der Waals surface area contributed by atoms with Gasteiger partial charge in [-0.2, -0.15) is 22.8 Å². The third-order valence-corrected chi connectivity index (χ3v) is 7.89. The first-order valence-electron chi connectivity index (χ1n) is 13.4. The summed E-state index contributed by atoms with van der Waals surface area (Å²) in [5, 5.41) is 15.2. The number of rotatable bonds is 7. The number of anilines is 2. The van der Waals surface area contributed by atoms with Crippen molar-refractivity contribution in [1.82, 2.24) is 25.9 Å². The number of fused-ring (bicyclic) bond motifs is 1. The number of hydrogen-bond donors (Lipinski definition) is 3. The van der Waals surface area contributed by atoms with Gasteiger partial charge in [0.1, 0.15) is 6.07 Å². The predicted molar refractivity (Wildman–Crippen MR) is 154 cm³/mol. The summed E-state index contributed by atoms with van der Waals surface area (Å²) in [5.74, 6) is -0.668. The van der Waals surface area contributed by atoms with Crippen molar-refractivity contribution < 1.29 is 17.6 Å². The molecule has 3 aromatic rings. The van der Waals surface area contributed by atoms with E-state index < -0.39 is 23.7 Å². The molecule has 1 aliphatic heterocycles. The van der Waals surface area contributed by atoms with Crippen LogP contribution in [-0.2, 0) is 0 Å². The lowest BCUT2D eigenvalue weighted by atomic mass is 9.96. The Balaban J connectivity index is 1.63. The Labute approximate surface area is 246 Å². The highest BCUT2D eigenvalue weighted by Crippen LogP contribution is 2.54. The summed E-state index contributed by atoms with van der Waals surface area (Å²) in [7, 11) is 1.76. The van der Waals surface area contributed by atoms with E-state index in [9.17, 15) is 22.8 Å². The van der Waals surface area contributed by atoms with Crippen LogP contribution in [0.25, 0.3) is 10.9 Å². The average Bonchev–Trinajstić information content (AvgIpc) is 3.60. The van der Waals surface area contributed by atoms with Gasteiger partial charge in [-0.15, -0.1) is 5.53 Å². The second-order valence-corrected chi connectivity index (χ2v) is 12.3. The molecule has 13 heteroatoms. The molecule has 2 aliphatic rings. The van der Waals surface area contributed by atoms with Crippen molar-refractivity contribution in [3.05, 3.63) is 70.2 Å². The fourth-order valence-electron chi connectivity index (χ4n) is 5.12. The molecule has 42 heavy (non-hydrogen) atoms. The second kappa shape index (κ2) is 10.5. The molecule has 1 fully saturated rings. The smallest absolute Gasteiger partial charge is 0.383 e. The van der Waals surface area contributed by atoms with Crippen LogP contribution in [0.1, 0.15) is 56.5 Å². The van der Waals surface area contributed by atoms with Gasteiger partial charge in [0.05, 0.1) is 33.5 Å². The van der Waals surface area contributed by atoms with Crippen molar-refractivity contribution in [2.24, 2.45) is 5.41 Å². The van der Waals surface area contributed by atoms with Crippen molar-refractivity contribution >= 4 is 33.9 Å². The van der Waals surface area contributed by atoms with Gasteiger partial charge in [-0.05, 0) is 43.4 Å². The van der Waals surface area contributed by atoms with Gasteiger partial charge in [-0.25, -0.2) is 4.98 Å². The lowest BCUT2D eigenvalue weighted by molar-refractivity contribution is -0.195. The molecular weight excluding hydrogens is 572 g/mol. The molecule has 3 N–H and O–H groups in total. The van der Waals surface area contributed by atoms with Crippen molar-refractivity contribution in [2.75, 3.05) is 23.8 Å². The minimum absolute atomic E-state index is 0.0363. The van der Waals surface area contributed by atoms with Gasteiger partial charge in [0, 0.05) is 48.3 Å². The summed E-state index contributed by atoms with van der Waals surface area (Å²) >= 11 is 6.73. The number of likely N-dealkylation sites (N-methyl/N-ethyl adjacent to an activating group) is 1. The van der Waals surface area contributed by atoms with Gasteiger partial charge in [-0.1, -0.05) is 38.4 Å². The average molecular weight is 603 g/mol. The van der Waals surface area contributed by atoms with Crippen molar-refractivity contribution in [2.45, 2.75) is 58.3 Å². The van der Waals surface area contributed by atoms with Crippen LogP contribution in [0, 0.1) is 29.6 Å². The molecule has 0 amide bonds. The maximum Gasteiger partial charge on any atom is 0.413 e. The molecule has 0 bridgehead atoms. The minimum atomic E-state index is -4.43. The van der Waals surface area contributed by atoms with E-state index in [1.807, 2.05) is 11.0 Å². The molecule has 3 heterocycles. The van der Waals surface area contributed by atoms with E-state index in [1.54, 1.807) is 26.1 Å². The number of hydrogen-bond acceptors (Lipinski definition) is 8. The van der Waals surface area contributed by atoms with Gasteiger partial charge >= 0.3 is 6.18 Å². The lowest BCUT2D eigenvalue weighted by Crippen LogP contribution is -2.52. The van der Waals surface area contributed by atoms with Crippen LogP contribution >= 0.6 is 11.6 Å². The Bertz CT molecular complexity index is 1600. The fraction of sp³-hybridized carbons (Fsp3) is 0.414. The highest BCUT2D eigenvalue weighted by Gasteiger charge is 2.67. The Kier molecular flexibility index (Phi) is 7.39. The number of nitrogens with one attached hydrogen (secondary N) is 3. The number of aryl methyl sites for hydroxylation is 1. The van der Waals surface area contributed by atoms with E-state index in [0.29, 0.717) is 56.4 Å². The van der Waals surface area contributed by atoms with E-state index in [-0.39, 0.29) is 18.3 Å². The van der Waals surface area contributed by atoms with E-state index in [2.05, 4.69) is 53.1 Å². The van der Waals surface area contributed by atoms with E-state index in [4.69, 9.17) is 11.6 Å². The van der Waals surface area contributed by atoms with Gasteiger partial charge in [0.15, 0.2) is 5.54 Å². The van der Waals surface area contributed by atoms with E-state index in [0.717, 1.165) is 5.01 Å². The van der Waals surface area contributed by atoms with Crippen molar-refractivity contribution in [3.8, 4) is 6.07 Å². The van der Waals surface area contributed by atoms with Crippen LogP contribution in [0.15, 0.2) is 42.4 Å². The molecule has 5 rings (SSSR count). The highest BCUT2D eigenvalue weighted by molar-refractivity contribution is 6.35. The molecule has 1 aromatic carbocycles. The Hall–Kier alpha value is -3.82. The van der Waals surface area contributed by atoms with Crippen LogP contribution < -0.4 is 21.2 Å². The maximum atomic E-state index is 14.0. The largest absolute Gasteiger partial charge is 0.413 e.